The van der Waals surface area contributed by atoms with Gasteiger partial charge in [0.2, 0.25) is 0 Å². The molecule has 1 saturated heterocycles. The summed E-state index contributed by atoms with van der Waals surface area (Å²) in [5.41, 5.74) is 3.60. The fraction of sp³-hybridized carbons (Fsp3) is 0.652. The molecular weight excluding hydrogens is 364 g/mol. The van der Waals surface area contributed by atoms with Crippen LogP contribution in [0.2, 0.25) is 0 Å². The van der Waals surface area contributed by atoms with Crippen LogP contribution >= 0.6 is 0 Å². The topological polar surface area (TPSA) is 73.5 Å². The van der Waals surface area contributed by atoms with Gasteiger partial charge in [-0.3, -0.25) is 4.79 Å². The van der Waals surface area contributed by atoms with E-state index in [4.69, 9.17) is 0 Å². The number of urea groups is 1. The lowest BCUT2D eigenvalue weighted by Crippen LogP contribution is -2.46. The van der Waals surface area contributed by atoms with Crippen LogP contribution < -0.4 is 16.0 Å². The van der Waals surface area contributed by atoms with Crippen molar-refractivity contribution >= 4 is 17.6 Å². The summed E-state index contributed by atoms with van der Waals surface area (Å²) in [5.74, 6) is 1.07. The number of carbonyl (C=O) groups is 2. The fourth-order valence-electron chi connectivity index (χ4n) is 3.59. The summed E-state index contributed by atoms with van der Waals surface area (Å²) < 4.78 is 0. The zero-order valence-corrected chi connectivity index (χ0v) is 18.7. The van der Waals surface area contributed by atoms with Gasteiger partial charge in [0.05, 0.1) is 0 Å². The van der Waals surface area contributed by atoms with E-state index >= 15 is 0 Å². The first-order valence-electron chi connectivity index (χ1n) is 11.0. The third-order valence-corrected chi connectivity index (χ3v) is 5.23. The molecule has 3 amide bonds. The maximum absolute atomic E-state index is 13.2. The monoisotopic (exact) mass is 402 g/mol. The highest BCUT2D eigenvalue weighted by Crippen LogP contribution is 2.26. The van der Waals surface area contributed by atoms with Crippen LogP contribution in [0.5, 0.6) is 0 Å². The second-order valence-electron chi connectivity index (χ2n) is 8.72. The minimum absolute atomic E-state index is 0.0984. The van der Waals surface area contributed by atoms with E-state index in [0.717, 1.165) is 67.8 Å². The van der Waals surface area contributed by atoms with E-state index in [9.17, 15) is 9.59 Å². The molecule has 0 aliphatic carbocycles. The van der Waals surface area contributed by atoms with E-state index in [1.807, 2.05) is 17.0 Å². The first kappa shape index (κ1) is 23.2. The van der Waals surface area contributed by atoms with E-state index in [2.05, 4.69) is 50.6 Å². The Morgan fingerprint density at radius 2 is 1.76 bits per heavy atom. The molecule has 1 fully saturated rings. The fourth-order valence-corrected chi connectivity index (χ4v) is 3.59. The molecule has 0 saturated carbocycles. The molecule has 29 heavy (non-hydrogen) atoms. The second kappa shape index (κ2) is 11.2. The number of nitrogens with one attached hydrogen (secondary N) is 3. The van der Waals surface area contributed by atoms with Crippen LogP contribution in [0.15, 0.2) is 12.1 Å². The van der Waals surface area contributed by atoms with Crippen molar-refractivity contribution in [2.75, 3.05) is 38.0 Å². The highest BCUT2D eigenvalue weighted by Gasteiger charge is 2.22. The molecule has 0 bridgehead atoms. The summed E-state index contributed by atoms with van der Waals surface area (Å²) >= 11 is 0. The average Bonchev–Trinajstić information content (AvgIpc) is 2.68. The van der Waals surface area contributed by atoms with Gasteiger partial charge in [0, 0.05) is 44.0 Å². The van der Waals surface area contributed by atoms with Gasteiger partial charge in [-0.25, -0.2) is 4.79 Å². The Balaban J connectivity index is 2.25. The van der Waals surface area contributed by atoms with Gasteiger partial charge in [-0.2, -0.15) is 0 Å². The molecule has 0 atom stereocenters. The molecular formula is C23H38N4O2. The van der Waals surface area contributed by atoms with Gasteiger partial charge in [0.25, 0.3) is 5.91 Å². The minimum Gasteiger partial charge on any atom is -0.338 e. The number of nitrogens with zero attached hydrogens (tertiary/aromatic N) is 1. The van der Waals surface area contributed by atoms with Crippen LogP contribution in [0.1, 0.15) is 62.5 Å². The molecule has 3 N–H and O–H groups in total. The molecule has 1 heterocycles. The van der Waals surface area contributed by atoms with Gasteiger partial charge in [-0.05, 0) is 54.4 Å². The number of carbonyl (C=O) groups excluding carboxylic acids is 2. The number of aryl methyl sites for hydroxylation is 1. The minimum atomic E-state index is -0.182. The van der Waals surface area contributed by atoms with Crippen LogP contribution in [0.4, 0.5) is 10.5 Å². The van der Waals surface area contributed by atoms with E-state index in [1.165, 1.54) is 0 Å². The van der Waals surface area contributed by atoms with Crippen molar-refractivity contribution in [2.45, 2.75) is 53.9 Å². The smallest absolute Gasteiger partial charge is 0.319 e. The van der Waals surface area contributed by atoms with E-state index in [0.29, 0.717) is 18.4 Å². The number of rotatable bonds is 8. The molecule has 0 unspecified atom stereocenters. The number of anilines is 1. The zero-order valence-electron chi connectivity index (χ0n) is 18.7. The lowest BCUT2D eigenvalue weighted by atomic mass is 9.94. The predicted molar refractivity (Wildman–Crippen MR) is 120 cm³/mol. The summed E-state index contributed by atoms with van der Waals surface area (Å²) in [6, 6.07) is 3.82. The molecule has 2 rings (SSSR count). The molecule has 1 aliphatic rings. The quantitative estimate of drug-likeness (QED) is 0.621. The standard InChI is InChI=1S/C23H38N4O2/c1-6-18-15-21(26-23(29)25-8-7-16(2)3)19(13-17(4)5)14-20(18)22(28)27-11-9-24-10-12-27/h14-17,24H,6-13H2,1-5H3,(H2,25,26,29). The lowest BCUT2D eigenvalue weighted by Gasteiger charge is -2.29. The normalized spacial score (nSPS) is 14.4. The van der Waals surface area contributed by atoms with Crippen LogP contribution in [0, 0.1) is 11.8 Å². The third-order valence-electron chi connectivity index (χ3n) is 5.23. The number of hydrogen-bond donors (Lipinski definition) is 3. The summed E-state index contributed by atoms with van der Waals surface area (Å²) in [7, 11) is 0. The van der Waals surface area contributed by atoms with Crippen molar-refractivity contribution in [3.05, 3.63) is 28.8 Å². The van der Waals surface area contributed by atoms with Crippen LogP contribution in [0.3, 0.4) is 0 Å². The Kier molecular flexibility index (Phi) is 8.96. The van der Waals surface area contributed by atoms with Gasteiger partial charge in [0.1, 0.15) is 0 Å². The lowest BCUT2D eigenvalue weighted by molar-refractivity contribution is 0.0734. The highest BCUT2D eigenvalue weighted by molar-refractivity contribution is 5.98. The Morgan fingerprint density at radius 1 is 1.07 bits per heavy atom. The van der Waals surface area contributed by atoms with E-state index in [-0.39, 0.29) is 11.9 Å². The van der Waals surface area contributed by atoms with Crippen molar-refractivity contribution in [3.8, 4) is 0 Å². The van der Waals surface area contributed by atoms with Crippen LogP contribution in [0.25, 0.3) is 0 Å². The molecule has 0 radical (unpaired) electrons. The van der Waals surface area contributed by atoms with Crippen LogP contribution in [-0.2, 0) is 12.8 Å². The third kappa shape index (κ3) is 7.03. The van der Waals surface area contributed by atoms with Gasteiger partial charge in [-0.1, -0.05) is 34.6 Å². The van der Waals surface area contributed by atoms with Crippen molar-refractivity contribution in [1.82, 2.24) is 15.5 Å². The molecule has 0 spiro atoms. The molecule has 1 aromatic rings. The maximum atomic E-state index is 13.2. The summed E-state index contributed by atoms with van der Waals surface area (Å²) in [6.07, 6.45) is 2.51. The Labute approximate surface area is 175 Å². The number of piperazine rings is 1. The number of hydrogen-bond acceptors (Lipinski definition) is 3. The SMILES string of the molecule is CCc1cc(NC(=O)NCCC(C)C)c(CC(C)C)cc1C(=O)N1CCNCC1. The number of benzene rings is 1. The molecule has 6 heteroatoms. The maximum Gasteiger partial charge on any atom is 0.319 e. The molecule has 1 aliphatic heterocycles. The van der Waals surface area contributed by atoms with E-state index < -0.39 is 0 Å². The van der Waals surface area contributed by atoms with Crippen molar-refractivity contribution in [3.63, 3.8) is 0 Å². The van der Waals surface area contributed by atoms with Gasteiger partial charge >= 0.3 is 6.03 Å². The molecule has 162 valence electrons. The van der Waals surface area contributed by atoms with Gasteiger partial charge in [-0.15, -0.1) is 0 Å². The van der Waals surface area contributed by atoms with Crippen molar-refractivity contribution in [1.29, 1.82) is 0 Å². The molecule has 6 nitrogen and oxygen atoms in total. The van der Waals surface area contributed by atoms with E-state index in [1.54, 1.807) is 0 Å². The largest absolute Gasteiger partial charge is 0.338 e. The van der Waals surface area contributed by atoms with Gasteiger partial charge in [0.15, 0.2) is 0 Å². The first-order valence-corrected chi connectivity index (χ1v) is 11.0. The van der Waals surface area contributed by atoms with Crippen molar-refractivity contribution in [2.24, 2.45) is 11.8 Å². The molecule has 1 aromatic carbocycles. The van der Waals surface area contributed by atoms with Crippen molar-refractivity contribution < 1.29 is 9.59 Å². The molecule has 0 aromatic heterocycles. The Hall–Kier alpha value is -2.08. The zero-order chi connectivity index (χ0) is 21.4. The van der Waals surface area contributed by atoms with Gasteiger partial charge < -0.3 is 20.9 Å². The Morgan fingerprint density at radius 3 is 2.34 bits per heavy atom. The summed E-state index contributed by atoms with van der Waals surface area (Å²) in [4.78, 5) is 27.5. The average molecular weight is 403 g/mol. The highest BCUT2D eigenvalue weighted by atomic mass is 16.2. The Bertz CT molecular complexity index is 694. The predicted octanol–water partition coefficient (Wildman–Crippen LogP) is 3.66. The number of amides is 3. The second-order valence-corrected chi connectivity index (χ2v) is 8.72. The summed E-state index contributed by atoms with van der Waals surface area (Å²) in [6.45, 7) is 14.4. The first-order chi connectivity index (χ1) is 13.8. The van der Waals surface area contributed by atoms with Crippen LogP contribution in [-0.4, -0.2) is 49.6 Å². The summed E-state index contributed by atoms with van der Waals surface area (Å²) in [5, 5.41) is 9.26.